The fraction of sp³-hybridized carbons (Fsp3) is 0.625. The van der Waals surface area contributed by atoms with Crippen molar-refractivity contribution in [1.82, 2.24) is 0 Å². The van der Waals surface area contributed by atoms with Crippen molar-refractivity contribution in [3.63, 3.8) is 0 Å². The van der Waals surface area contributed by atoms with Crippen molar-refractivity contribution in [3.05, 3.63) is 28.2 Å². The highest BCUT2D eigenvalue weighted by molar-refractivity contribution is 9.10. The van der Waals surface area contributed by atoms with Crippen molar-refractivity contribution < 1.29 is 9.84 Å². The third-order valence-corrected chi connectivity index (χ3v) is 5.27. The summed E-state index contributed by atoms with van der Waals surface area (Å²) >= 11 is 3.58. The van der Waals surface area contributed by atoms with Gasteiger partial charge in [0, 0.05) is 10.9 Å². The van der Waals surface area contributed by atoms with Gasteiger partial charge in [-0.3, -0.25) is 0 Å². The third kappa shape index (κ3) is 3.32. The fourth-order valence-electron chi connectivity index (χ4n) is 3.09. The molecule has 3 heteroatoms. The van der Waals surface area contributed by atoms with Gasteiger partial charge < -0.3 is 9.84 Å². The van der Waals surface area contributed by atoms with Gasteiger partial charge in [-0.25, -0.2) is 0 Å². The summed E-state index contributed by atoms with van der Waals surface area (Å²) in [4.78, 5) is 0. The normalized spacial score (nSPS) is 31.2. The van der Waals surface area contributed by atoms with Gasteiger partial charge in [-0.15, -0.1) is 0 Å². The smallest absolute Gasteiger partial charge is 0.119 e. The summed E-state index contributed by atoms with van der Waals surface area (Å²) in [5, 5.41) is 10.9. The first-order chi connectivity index (χ1) is 8.94. The van der Waals surface area contributed by atoms with E-state index in [1.807, 2.05) is 18.2 Å². The number of hydrogen-bond donors (Lipinski definition) is 1. The maximum Gasteiger partial charge on any atom is 0.119 e. The molecule has 1 N–H and O–H groups in total. The van der Waals surface area contributed by atoms with Gasteiger partial charge >= 0.3 is 0 Å². The van der Waals surface area contributed by atoms with Gasteiger partial charge in [0.05, 0.1) is 12.7 Å². The summed E-state index contributed by atoms with van der Waals surface area (Å²) in [5.74, 6) is 1.91. The van der Waals surface area contributed by atoms with E-state index in [1.165, 1.54) is 0 Å². The minimum absolute atomic E-state index is 0.342. The lowest BCUT2D eigenvalue weighted by atomic mass is 9.70. The number of ether oxygens (including phenoxy) is 1. The van der Waals surface area contributed by atoms with Crippen molar-refractivity contribution >= 4 is 15.9 Å². The van der Waals surface area contributed by atoms with Crippen LogP contribution in [0.1, 0.15) is 38.7 Å². The molecule has 0 radical (unpaired) electrons. The quantitative estimate of drug-likeness (QED) is 0.902. The van der Waals surface area contributed by atoms with Gasteiger partial charge in [-0.2, -0.15) is 0 Å². The largest absolute Gasteiger partial charge is 0.497 e. The Labute approximate surface area is 124 Å². The number of methoxy groups -OCH3 is 1. The van der Waals surface area contributed by atoms with Gasteiger partial charge in [0.2, 0.25) is 0 Å². The van der Waals surface area contributed by atoms with E-state index in [0.717, 1.165) is 41.0 Å². The minimum Gasteiger partial charge on any atom is -0.497 e. The van der Waals surface area contributed by atoms with E-state index in [4.69, 9.17) is 4.74 Å². The second kappa shape index (κ2) is 5.84. The van der Waals surface area contributed by atoms with Gasteiger partial charge in [0.1, 0.15) is 5.75 Å². The van der Waals surface area contributed by atoms with Gasteiger partial charge in [0.15, 0.2) is 0 Å². The Morgan fingerprint density at radius 3 is 2.79 bits per heavy atom. The molecule has 0 heterocycles. The van der Waals surface area contributed by atoms with E-state index in [-0.39, 0.29) is 0 Å². The summed E-state index contributed by atoms with van der Waals surface area (Å²) in [6.07, 6.45) is 3.80. The summed E-state index contributed by atoms with van der Waals surface area (Å²) < 4.78 is 6.32. The van der Waals surface area contributed by atoms with E-state index in [0.29, 0.717) is 12.3 Å². The van der Waals surface area contributed by atoms with Crippen LogP contribution in [-0.4, -0.2) is 17.8 Å². The van der Waals surface area contributed by atoms with Crippen LogP contribution in [0.15, 0.2) is 22.7 Å². The molecule has 1 aliphatic carbocycles. The Balaban J connectivity index is 2.20. The topological polar surface area (TPSA) is 29.5 Å². The number of benzene rings is 1. The SMILES string of the molecule is COc1ccc(Br)c(CC2(O)CCC(C)CC2C)c1. The first-order valence-electron chi connectivity index (χ1n) is 6.99. The van der Waals surface area contributed by atoms with Gasteiger partial charge in [-0.05, 0) is 54.9 Å². The number of aliphatic hydroxyl groups is 1. The molecule has 1 fully saturated rings. The Kier molecular flexibility index (Phi) is 4.57. The van der Waals surface area contributed by atoms with E-state index in [9.17, 15) is 5.11 Å². The molecule has 1 aromatic rings. The van der Waals surface area contributed by atoms with Crippen LogP contribution in [0.2, 0.25) is 0 Å². The van der Waals surface area contributed by atoms with Crippen LogP contribution in [0.25, 0.3) is 0 Å². The lowest BCUT2D eigenvalue weighted by Crippen LogP contribution is -2.43. The number of hydrogen-bond acceptors (Lipinski definition) is 2. The third-order valence-electron chi connectivity index (χ3n) is 4.49. The molecular formula is C16H23BrO2. The second-order valence-corrected chi connectivity index (χ2v) is 6.87. The second-order valence-electron chi connectivity index (χ2n) is 6.02. The Hall–Kier alpha value is -0.540. The average Bonchev–Trinajstić information content (AvgIpc) is 2.37. The monoisotopic (exact) mass is 326 g/mol. The van der Waals surface area contributed by atoms with E-state index in [2.05, 4.69) is 29.8 Å². The molecule has 0 spiro atoms. The van der Waals surface area contributed by atoms with Crippen LogP contribution in [0.3, 0.4) is 0 Å². The zero-order valence-electron chi connectivity index (χ0n) is 11.9. The summed E-state index contributed by atoms with van der Waals surface area (Å²) in [6, 6.07) is 5.95. The molecule has 2 nitrogen and oxygen atoms in total. The zero-order valence-corrected chi connectivity index (χ0v) is 13.5. The number of halogens is 1. The van der Waals surface area contributed by atoms with Crippen molar-refractivity contribution in [2.75, 3.05) is 7.11 Å². The zero-order chi connectivity index (χ0) is 14.0. The molecule has 0 saturated heterocycles. The predicted octanol–water partition coefficient (Wildman–Crippen LogP) is 4.19. The minimum atomic E-state index is -0.582. The van der Waals surface area contributed by atoms with Crippen molar-refractivity contribution in [3.8, 4) is 5.75 Å². The first kappa shape index (κ1) is 14.9. The highest BCUT2D eigenvalue weighted by Gasteiger charge is 2.38. The Bertz CT molecular complexity index is 446. The van der Waals surface area contributed by atoms with Gasteiger partial charge in [-0.1, -0.05) is 29.8 Å². The highest BCUT2D eigenvalue weighted by atomic mass is 79.9. The summed E-state index contributed by atoms with van der Waals surface area (Å²) in [6.45, 7) is 4.45. The van der Waals surface area contributed by atoms with E-state index in [1.54, 1.807) is 7.11 Å². The molecule has 0 bridgehead atoms. The fourth-order valence-corrected chi connectivity index (χ4v) is 3.48. The summed E-state index contributed by atoms with van der Waals surface area (Å²) in [5.41, 5.74) is 0.546. The van der Waals surface area contributed by atoms with Crippen LogP contribution in [-0.2, 0) is 6.42 Å². The molecule has 106 valence electrons. The molecule has 1 saturated carbocycles. The van der Waals surface area contributed by atoms with Crippen LogP contribution < -0.4 is 4.74 Å². The molecule has 0 amide bonds. The van der Waals surface area contributed by atoms with Crippen molar-refractivity contribution in [1.29, 1.82) is 0 Å². The maximum atomic E-state index is 10.9. The summed E-state index contributed by atoms with van der Waals surface area (Å²) in [7, 11) is 1.67. The molecule has 3 unspecified atom stereocenters. The molecule has 0 aliphatic heterocycles. The molecule has 1 aliphatic rings. The van der Waals surface area contributed by atoms with Crippen LogP contribution in [0, 0.1) is 11.8 Å². The standard InChI is InChI=1S/C16H23BrO2/c1-11-6-7-16(18,12(2)8-11)10-13-9-14(19-3)4-5-15(13)17/h4-5,9,11-12,18H,6-8,10H2,1-3H3. The maximum absolute atomic E-state index is 10.9. The predicted molar refractivity (Wildman–Crippen MR) is 81.5 cm³/mol. The lowest BCUT2D eigenvalue weighted by Gasteiger charge is -2.41. The van der Waals surface area contributed by atoms with Crippen molar-refractivity contribution in [2.45, 2.75) is 45.1 Å². The average molecular weight is 327 g/mol. The Morgan fingerprint density at radius 2 is 2.16 bits per heavy atom. The first-order valence-corrected chi connectivity index (χ1v) is 7.78. The van der Waals surface area contributed by atoms with Crippen LogP contribution in [0.5, 0.6) is 5.75 Å². The van der Waals surface area contributed by atoms with Crippen molar-refractivity contribution in [2.24, 2.45) is 11.8 Å². The molecule has 1 aromatic carbocycles. The molecule has 3 atom stereocenters. The molecular weight excluding hydrogens is 304 g/mol. The number of rotatable bonds is 3. The van der Waals surface area contributed by atoms with Gasteiger partial charge in [0.25, 0.3) is 0 Å². The lowest BCUT2D eigenvalue weighted by molar-refractivity contribution is -0.0523. The molecule has 19 heavy (non-hydrogen) atoms. The van der Waals surface area contributed by atoms with Crippen LogP contribution >= 0.6 is 15.9 Å². The van der Waals surface area contributed by atoms with Crippen LogP contribution in [0.4, 0.5) is 0 Å². The molecule has 0 aromatic heterocycles. The highest BCUT2D eigenvalue weighted by Crippen LogP contribution is 2.40. The van der Waals surface area contributed by atoms with E-state index >= 15 is 0 Å². The molecule has 2 rings (SSSR count). The van der Waals surface area contributed by atoms with E-state index < -0.39 is 5.60 Å². The Morgan fingerprint density at radius 1 is 1.42 bits per heavy atom.